The summed E-state index contributed by atoms with van der Waals surface area (Å²) >= 11 is 0. The predicted molar refractivity (Wildman–Crippen MR) is 186 cm³/mol. The number of ether oxygens (including phenoxy) is 4. The normalized spacial score (nSPS) is 36.1. The molecule has 9 unspecified atom stereocenters. The monoisotopic (exact) mass is 836 g/mol. The average Bonchev–Trinajstić information content (AvgIpc) is 3.67. The molecule has 7 rings (SSSR count). The van der Waals surface area contributed by atoms with Crippen molar-refractivity contribution >= 4 is 23.9 Å². The van der Waals surface area contributed by atoms with Crippen LogP contribution in [-0.2, 0) is 38.1 Å². The molecule has 6 aliphatic carbocycles. The van der Waals surface area contributed by atoms with Crippen LogP contribution in [0.5, 0.6) is 0 Å². The number of halogens is 9. The molecule has 0 spiro atoms. The van der Waals surface area contributed by atoms with Crippen molar-refractivity contribution in [2.75, 3.05) is 0 Å². The molecule has 17 heteroatoms. The van der Waals surface area contributed by atoms with Crippen molar-refractivity contribution in [2.45, 2.75) is 175 Å². The molecule has 6 saturated carbocycles. The van der Waals surface area contributed by atoms with Crippen LogP contribution in [0.4, 0.5) is 39.5 Å². The molecule has 7 aliphatic rings. The van der Waals surface area contributed by atoms with Crippen molar-refractivity contribution in [3.63, 3.8) is 0 Å². The van der Waals surface area contributed by atoms with Gasteiger partial charge in [0, 0.05) is 11.8 Å². The summed E-state index contributed by atoms with van der Waals surface area (Å²) in [5, 5.41) is 0. The third kappa shape index (κ3) is 9.36. The highest BCUT2D eigenvalue weighted by atomic mass is 19.4. The van der Waals surface area contributed by atoms with Gasteiger partial charge >= 0.3 is 42.4 Å². The molecule has 8 nitrogen and oxygen atoms in total. The summed E-state index contributed by atoms with van der Waals surface area (Å²) in [5.41, 5.74) is -2.37. The topological polar surface area (TPSA) is 105 Å². The quantitative estimate of drug-likeness (QED) is 0.128. The van der Waals surface area contributed by atoms with Gasteiger partial charge in [0.05, 0.1) is 17.3 Å². The van der Waals surface area contributed by atoms with Crippen molar-refractivity contribution in [3.8, 4) is 0 Å². The summed E-state index contributed by atoms with van der Waals surface area (Å²) in [7, 11) is 0. The largest absolute Gasteiger partial charge is 0.459 e. The highest BCUT2D eigenvalue weighted by Gasteiger charge is 2.80. The van der Waals surface area contributed by atoms with Gasteiger partial charge in [0.15, 0.2) is 5.41 Å². The predicted octanol–water partition coefficient (Wildman–Crippen LogP) is 10.2. The Labute approximate surface area is 328 Å². The minimum absolute atomic E-state index is 0.0386. The van der Waals surface area contributed by atoms with E-state index in [2.05, 4.69) is 25.5 Å². The van der Waals surface area contributed by atoms with Crippen LogP contribution in [0.25, 0.3) is 0 Å². The number of esters is 4. The van der Waals surface area contributed by atoms with E-state index in [0.717, 1.165) is 31.6 Å². The lowest BCUT2D eigenvalue weighted by atomic mass is 9.43. The van der Waals surface area contributed by atoms with E-state index in [-0.39, 0.29) is 36.8 Å². The molecule has 0 radical (unpaired) electrons. The summed E-state index contributed by atoms with van der Waals surface area (Å²) < 4.78 is 132. The molecule has 57 heavy (non-hydrogen) atoms. The number of carbonyl (C=O) groups excluding carboxylic acids is 4. The van der Waals surface area contributed by atoms with Crippen LogP contribution in [0.2, 0.25) is 0 Å². The van der Waals surface area contributed by atoms with Crippen LogP contribution in [0.3, 0.4) is 0 Å². The molecule has 6 bridgehead atoms. The van der Waals surface area contributed by atoms with Gasteiger partial charge in [0.1, 0.15) is 17.8 Å². The maximum Gasteiger partial charge on any atom is 0.434 e. The van der Waals surface area contributed by atoms with Crippen LogP contribution >= 0.6 is 0 Å². The molecule has 0 N–H and O–H groups in total. The van der Waals surface area contributed by atoms with Gasteiger partial charge in [-0.3, -0.25) is 19.2 Å². The van der Waals surface area contributed by atoms with Gasteiger partial charge in [-0.15, -0.1) is 0 Å². The Kier molecular flexibility index (Phi) is 12.9. The fraction of sp³-hybridized carbons (Fsp3) is 0.900. The third-order valence-electron chi connectivity index (χ3n) is 13.5. The summed E-state index contributed by atoms with van der Waals surface area (Å²) in [6, 6.07) is 0. The Morgan fingerprint density at radius 2 is 1.30 bits per heavy atom. The summed E-state index contributed by atoms with van der Waals surface area (Å²) in [4.78, 5) is 47.1. The van der Waals surface area contributed by atoms with Gasteiger partial charge in [-0.05, 0) is 101 Å². The Morgan fingerprint density at radius 3 is 1.74 bits per heavy atom. The molecule has 0 aromatic carbocycles. The van der Waals surface area contributed by atoms with E-state index in [9.17, 15) is 58.7 Å². The molecule has 1 saturated heterocycles. The Hall–Kier alpha value is -2.75. The van der Waals surface area contributed by atoms with E-state index in [1.807, 2.05) is 13.8 Å². The third-order valence-corrected chi connectivity index (χ3v) is 13.5. The van der Waals surface area contributed by atoms with Crippen molar-refractivity contribution in [2.24, 2.45) is 51.2 Å². The smallest absolute Gasteiger partial charge is 0.434 e. The first-order chi connectivity index (χ1) is 25.8. The molecule has 0 aromatic rings. The standard InChI is InChI=1S/C17H28O2.C15H19F3O4.C8H10F6O2/c1-5-12(2)14(18)19-17-8-13-6-15(3,10-17)9-16(4,7-13)11-17;1-4-13(2,3)11(19)21-9-7-5-8-10(9)22-12(20)14(8,6-7)15(16,17)18;1-3-4(2)5(15)16-6(7(9,10)11)8(12,13)14/h12-13H,5-11H2,1-4H3;7-10H,4-6H2,1-3H3;4,6H,3H2,1-2H3. The lowest BCUT2D eigenvalue weighted by Gasteiger charge is -2.64. The highest BCUT2D eigenvalue weighted by Crippen LogP contribution is 2.69. The summed E-state index contributed by atoms with van der Waals surface area (Å²) in [6.45, 7) is 16.8. The Bertz CT molecular complexity index is 1490. The van der Waals surface area contributed by atoms with Crippen LogP contribution < -0.4 is 0 Å². The van der Waals surface area contributed by atoms with Gasteiger partial charge in [0.2, 0.25) is 0 Å². The van der Waals surface area contributed by atoms with Gasteiger partial charge in [-0.25, -0.2) is 0 Å². The number of alkyl halides is 9. The van der Waals surface area contributed by atoms with Crippen molar-refractivity contribution in [3.05, 3.63) is 0 Å². The van der Waals surface area contributed by atoms with Gasteiger partial charge in [-0.1, -0.05) is 48.5 Å². The fourth-order valence-electron chi connectivity index (χ4n) is 10.6. The lowest BCUT2D eigenvalue weighted by molar-refractivity contribution is -0.314. The summed E-state index contributed by atoms with van der Waals surface area (Å²) in [5.74, 6) is -4.68. The first-order valence-electron chi connectivity index (χ1n) is 19.9. The first kappa shape index (κ1) is 46.9. The molecular weight excluding hydrogens is 779 g/mol. The van der Waals surface area contributed by atoms with Crippen LogP contribution in [0.15, 0.2) is 0 Å². The molecule has 9 atom stereocenters. The van der Waals surface area contributed by atoms with Gasteiger partial charge in [-0.2, -0.15) is 39.5 Å². The van der Waals surface area contributed by atoms with Crippen molar-refractivity contribution in [1.29, 1.82) is 0 Å². The second kappa shape index (κ2) is 15.7. The molecule has 7 fully saturated rings. The number of fused-ring (bicyclic) bond motifs is 1. The minimum Gasteiger partial charge on any atom is -0.459 e. The maximum atomic E-state index is 13.4. The zero-order valence-corrected chi connectivity index (χ0v) is 34.1. The SMILES string of the molecule is CCC(C)(C)C(=O)OC1C2CC3C1OC(=O)C3(C(F)(F)F)C2.CCC(C)C(=O)OC(C(F)(F)F)C(F)(F)F.CCC(C)C(=O)OC12CC3CC(C)(CC(C)(C3)C1)C2. The number of rotatable bonds is 9. The summed E-state index contributed by atoms with van der Waals surface area (Å²) in [6.07, 6.45) is -12.9. The van der Waals surface area contributed by atoms with E-state index in [0.29, 0.717) is 17.3 Å². The molecule has 0 aromatic heterocycles. The van der Waals surface area contributed by atoms with E-state index in [4.69, 9.17) is 14.2 Å². The van der Waals surface area contributed by atoms with Crippen molar-refractivity contribution < 1.29 is 77.6 Å². The average molecular weight is 837 g/mol. The maximum absolute atomic E-state index is 13.4. The zero-order valence-electron chi connectivity index (χ0n) is 34.1. The number of hydrogen-bond donors (Lipinski definition) is 0. The van der Waals surface area contributed by atoms with E-state index in [1.54, 1.807) is 13.8 Å². The van der Waals surface area contributed by atoms with E-state index >= 15 is 0 Å². The number of hydrogen-bond acceptors (Lipinski definition) is 8. The number of carbonyl (C=O) groups is 4. The van der Waals surface area contributed by atoms with Crippen LogP contribution in [0, 0.1) is 51.2 Å². The first-order valence-corrected chi connectivity index (χ1v) is 19.9. The Morgan fingerprint density at radius 1 is 0.789 bits per heavy atom. The van der Waals surface area contributed by atoms with E-state index < -0.39 is 83.3 Å². The van der Waals surface area contributed by atoms with Gasteiger partial charge < -0.3 is 18.9 Å². The van der Waals surface area contributed by atoms with Crippen LogP contribution in [0.1, 0.15) is 133 Å². The molecular formula is C40H57F9O8. The highest BCUT2D eigenvalue weighted by molar-refractivity contribution is 5.83. The van der Waals surface area contributed by atoms with Gasteiger partial charge in [0.25, 0.3) is 6.10 Å². The lowest BCUT2D eigenvalue weighted by Crippen LogP contribution is -2.60. The second-order valence-electron chi connectivity index (χ2n) is 19.0. The molecule has 1 aliphatic heterocycles. The van der Waals surface area contributed by atoms with E-state index in [1.165, 1.54) is 33.1 Å². The minimum atomic E-state index is -5.65. The molecule has 328 valence electrons. The zero-order chi connectivity index (χ0) is 43.5. The Balaban J connectivity index is 0.000000193. The molecule has 1 heterocycles. The van der Waals surface area contributed by atoms with Crippen molar-refractivity contribution in [1.82, 2.24) is 0 Å². The second-order valence-corrected chi connectivity index (χ2v) is 19.0. The fourth-order valence-corrected chi connectivity index (χ4v) is 10.6. The molecule has 0 amide bonds. The van der Waals surface area contributed by atoms with Crippen LogP contribution in [-0.4, -0.2) is 66.3 Å².